The topological polar surface area (TPSA) is 109 Å². The van der Waals surface area contributed by atoms with E-state index in [0.717, 1.165) is 0 Å². The molecule has 2 aromatic rings. The van der Waals surface area contributed by atoms with Gasteiger partial charge in [0.25, 0.3) is 11.6 Å². The monoisotopic (exact) mass is 358 g/mol. The first kappa shape index (κ1) is 16.0. The van der Waals surface area contributed by atoms with Crippen LogP contribution in [0.25, 0.3) is 0 Å². The Balaban J connectivity index is 1.57. The second-order valence-electron chi connectivity index (χ2n) is 5.62. The van der Waals surface area contributed by atoms with E-state index in [4.69, 9.17) is 18.9 Å². The standard InChI is InChI=1S/C17H14N2O7/c20-17(16-9-25-12-3-1-2-4-13(12)26-16)18-10-7-14-15(24-6-5-23-14)8-11(10)19(21)22/h1-4,7-8,16H,5-6,9H2,(H,18,20). The molecule has 0 fully saturated rings. The van der Waals surface area contributed by atoms with E-state index in [1.807, 2.05) is 0 Å². The molecule has 0 saturated heterocycles. The second-order valence-corrected chi connectivity index (χ2v) is 5.62. The summed E-state index contributed by atoms with van der Waals surface area (Å²) in [6.07, 6.45) is -0.933. The molecular formula is C17H14N2O7. The molecule has 0 aliphatic carbocycles. The van der Waals surface area contributed by atoms with E-state index < -0.39 is 16.9 Å². The van der Waals surface area contributed by atoms with Crippen LogP contribution >= 0.6 is 0 Å². The lowest BCUT2D eigenvalue weighted by atomic mass is 10.2. The zero-order valence-electron chi connectivity index (χ0n) is 13.5. The van der Waals surface area contributed by atoms with Gasteiger partial charge in [0.2, 0.25) is 6.10 Å². The quantitative estimate of drug-likeness (QED) is 0.661. The Kier molecular flexibility index (Phi) is 3.96. The molecule has 1 atom stereocenters. The molecule has 9 heteroatoms. The normalized spacial score (nSPS) is 17.3. The molecule has 2 aliphatic rings. The van der Waals surface area contributed by atoms with E-state index in [-0.39, 0.29) is 23.7 Å². The van der Waals surface area contributed by atoms with Crippen molar-refractivity contribution in [1.29, 1.82) is 0 Å². The van der Waals surface area contributed by atoms with Crippen LogP contribution in [0.3, 0.4) is 0 Å². The van der Waals surface area contributed by atoms with Crippen LogP contribution in [0.2, 0.25) is 0 Å². The van der Waals surface area contributed by atoms with Gasteiger partial charge in [-0.1, -0.05) is 12.1 Å². The molecule has 0 saturated carbocycles. The van der Waals surface area contributed by atoms with Gasteiger partial charge in [-0.2, -0.15) is 0 Å². The van der Waals surface area contributed by atoms with Gasteiger partial charge in [-0.3, -0.25) is 14.9 Å². The van der Waals surface area contributed by atoms with Gasteiger partial charge in [0.05, 0.1) is 11.0 Å². The van der Waals surface area contributed by atoms with Crippen molar-refractivity contribution in [1.82, 2.24) is 0 Å². The van der Waals surface area contributed by atoms with Crippen molar-refractivity contribution in [2.45, 2.75) is 6.10 Å². The van der Waals surface area contributed by atoms with Gasteiger partial charge >= 0.3 is 0 Å². The van der Waals surface area contributed by atoms with Crippen LogP contribution in [0.4, 0.5) is 11.4 Å². The van der Waals surface area contributed by atoms with Gasteiger partial charge in [-0.25, -0.2) is 0 Å². The number of carbonyl (C=O) groups is 1. The maximum absolute atomic E-state index is 12.5. The van der Waals surface area contributed by atoms with E-state index >= 15 is 0 Å². The predicted octanol–water partition coefficient (Wildman–Crippen LogP) is 2.14. The number of anilines is 1. The SMILES string of the molecule is O=C(Nc1cc2c(cc1[N+](=O)[O-])OCCO2)C1COc2ccccc2O1. The molecule has 2 heterocycles. The van der Waals surface area contributed by atoms with E-state index in [0.29, 0.717) is 30.5 Å². The molecule has 2 aliphatic heterocycles. The molecule has 4 rings (SSSR count). The van der Waals surface area contributed by atoms with Gasteiger partial charge in [0, 0.05) is 6.07 Å². The number of rotatable bonds is 3. The number of nitro benzene ring substituents is 1. The Morgan fingerprint density at radius 2 is 1.73 bits per heavy atom. The minimum atomic E-state index is -0.933. The number of ether oxygens (including phenoxy) is 4. The number of carbonyl (C=O) groups excluding carboxylic acids is 1. The molecule has 0 aromatic heterocycles. The highest BCUT2D eigenvalue weighted by molar-refractivity contribution is 5.97. The third kappa shape index (κ3) is 2.94. The maximum Gasteiger partial charge on any atom is 0.296 e. The van der Waals surface area contributed by atoms with E-state index in [9.17, 15) is 14.9 Å². The molecule has 2 aromatic carbocycles. The van der Waals surface area contributed by atoms with Crippen molar-refractivity contribution in [3.05, 3.63) is 46.5 Å². The summed E-state index contributed by atoms with van der Waals surface area (Å²) in [5.74, 6) is 1.03. The highest BCUT2D eigenvalue weighted by Gasteiger charge is 2.30. The summed E-state index contributed by atoms with van der Waals surface area (Å²) >= 11 is 0. The Hall–Kier alpha value is -3.49. The summed E-state index contributed by atoms with van der Waals surface area (Å²) in [5, 5.41) is 13.9. The zero-order valence-corrected chi connectivity index (χ0v) is 13.5. The first-order chi connectivity index (χ1) is 12.6. The van der Waals surface area contributed by atoms with Crippen molar-refractivity contribution in [2.75, 3.05) is 25.1 Å². The summed E-state index contributed by atoms with van der Waals surface area (Å²) in [6.45, 7) is 0.637. The Labute approximate surface area is 147 Å². The van der Waals surface area contributed by atoms with Crippen molar-refractivity contribution >= 4 is 17.3 Å². The summed E-state index contributed by atoms with van der Waals surface area (Å²) in [5.41, 5.74) is -0.286. The molecule has 26 heavy (non-hydrogen) atoms. The Morgan fingerprint density at radius 3 is 2.46 bits per heavy atom. The molecule has 1 unspecified atom stereocenters. The fourth-order valence-electron chi connectivity index (χ4n) is 2.69. The molecule has 0 radical (unpaired) electrons. The highest BCUT2D eigenvalue weighted by atomic mass is 16.6. The minimum absolute atomic E-state index is 0.00119. The van der Waals surface area contributed by atoms with Gasteiger partial charge in [0.1, 0.15) is 25.5 Å². The summed E-state index contributed by atoms with van der Waals surface area (Å²) in [6, 6.07) is 9.57. The highest BCUT2D eigenvalue weighted by Crippen LogP contribution is 2.39. The van der Waals surface area contributed by atoms with Crippen LogP contribution in [0.15, 0.2) is 36.4 Å². The first-order valence-corrected chi connectivity index (χ1v) is 7.89. The predicted molar refractivity (Wildman–Crippen MR) is 89.1 cm³/mol. The molecule has 1 amide bonds. The van der Waals surface area contributed by atoms with Crippen LogP contribution in [0.5, 0.6) is 23.0 Å². The van der Waals surface area contributed by atoms with Crippen molar-refractivity contribution in [3.63, 3.8) is 0 Å². The van der Waals surface area contributed by atoms with Gasteiger partial charge < -0.3 is 24.3 Å². The van der Waals surface area contributed by atoms with E-state index in [1.165, 1.54) is 12.1 Å². The van der Waals surface area contributed by atoms with Crippen LogP contribution in [-0.2, 0) is 4.79 Å². The van der Waals surface area contributed by atoms with Crippen molar-refractivity contribution in [3.8, 4) is 23.0 Å². The second kappa shape index (κ2) is 6.43. The number of amides is 1. The molecule has 134 valence electrons. The number of para-hydroxylation sites is 2. The maximum atomic E-state index is 12.5. The number of hydrogen-bond donors (Lipinski definition) is 1. The van der Waals surface area contributed by atoms with Gasteiger partial charge in [-0.15, -0.1) is 0 Å². The average molecular weight is 358 g/mol. The van der Waals surface area contributed by atoms with Crippen LogP contribution < -0.4 is 24.3 Å². The summed E-state index contributed by atoms with van der Waals surface area (Å²) < 4.78 is 21.9. The Bertz CT molecular complexity index is 883. The van der Waals surface area contributed by atoms with Crippen molar-refractivity contribution < 1.29 is 28.7 Å². The number of fused-ring (bicyclic) bond motifs is 2. The first-order valence-electron chi connectivity index (χ1n) is 7.89. The number of hydrogen-bond acceptors (Lipinski definition) is 7. The lowest BCUT2D eigenvalue weighted by Crippen LogP contribution is -2.40. The van der Waals surface area contributed by atoms with Crippen LogP contribution in [-0.4, -0.2) is 36.8 Å². The molecule has 1 N–H and O–H groups in total. The number of nitrogens with zero attached hydrogens (tertiary/aromatic N) is 1. The molecular weight excluding hydrogens is 344 g/mol. The largest absolute Gasteiger partial charge is 0.486 e. The Morgan fingerprint density at radius 1 is 1.04 bits per heavy atom. The van der Waals surface area contributed by atoms with E-state index in [2.05, 4.69) is 5.32 Å². The lowest BCUT2D eigenvalue weighted by Gasteiger charge is -2.25. The third-order valence-corrected chi connectivity index (χ3v) is 3.92. The van der Waals surface area contributed by atoms with Crippen LogP contribution in [0, 0.1) is 10.1 Å². The number of benzene rings is 2. The van der Waals surface area contributed by atoms with E-state index in [1.54, 1.807) is 24.3 Å². The lowest BCUT2D eigenvalue weighted by molar-refractivity contribution is -0.384. The number of nitro groups is 1. The zero-order chi connectivity index (χ0) is 18.1. The van der Waals surface area contributed by atoms with Crippen molar-refractivity contribution in [2.24, 2.45) is 0 Å². The van der Waals surface area contributed by atoms with Crippen LogP contribution in [0.1, 0.15) is 0 Å². The molecule has 9 nitrogen and oxygen atoms in total. The fraction of sp³-hybridized carbons (Fsp3) is 0.235. The minimum Gasteiger partial charge on any atom is -0.486 e. The van der Waals surface area contributed by atoms with Gasteiger partial charge in [0.15, 0.2) is 23.0 Å². The average Bonchev–Trinajstić information content (AvgIpc) is 2.66. The number of nitrogens with one attached hydrogen (secondary N) is 1. The third-order valence-electron chi connectivity index (χ3n) is 3.92. The van der Waals surface area contributed by atoms with Gasteiger partial charge in [-0.05, 0) is 12.1 Å². The molecule has 0 bridgehead atoms. The summed E-state index contributed by atoms with van der Waals surface area (Å²) in [7, 11) is 0. The smallest absolute Gasteiger partial charge is 0.296 e. The molecule has 0 spiro atoms. The summed E-state index contributed by atoms with van der Waals surface area (Å²) in [4.78, 5) is 23.2. The fourth-order valence-corrected chi connectivity index (χ4v) is 2.69.